The Morgan fingerprint density at radius 1 is 1.13 bits per heavy atom. The van der Waals surface area contributed by atoms with Gasteiger partial charge in [-0.15, -0.1) is 0 Å². The quantitative estimate of drug-likeness (QED) is 0.467. The van der Waals surface area contributed by atoms with E-state index >= 15 is 0 Å². The molecule has 0 bridgehead atoms. The van der Waals surface area contributed by atoms with Gasteiger partial charge in [0, 0.05) is 17.7 Å². The molecule has 0 aliphatic rings. The fourth-order valence-corrected chi connectivity index (χ4v) is 3.99. The Balaban J connectivity index is 1.88. The first-order chi connectivity index (χ1) is 14.7. The number of carbonyl (C=O) groups is 1. The van der Waals surface area contributed by atoms with Gasteiger partial charge in [0.25, 0.3) is 0 Å². The Morgan fingerprint density at radius 2 is 1.84 bits per heavy atom. The zero-order valence-electron chi connectivity index (χ0n) is 16.1. The first-order valence-corrected chi connectivity index (χ1v) is 9.55. The van der Waals surface area contributed by atoms with Crippen LogP contribution in [0.3, 0.4) is 0 Å². The number of imidazole rings is 1. The Labute approximate surface area is 177 Å². The van der Waals surface area contributed by atoms with Gasteiger partial charge < -0.3 is 14.6 Å². The largest absolute Gasteiger partial charge is 0.493 e. The van der Waals surface area contributed by atoms with Gasteiger partial charge in [-0.05, 0) is 12.1 Å². The second kappa shape index (κ2) is 7.58. The summed E-state index contributed by atoms with van der Waals surface area (Å²) in [5.74, 6) is -0.389. The monoisotopic (exact) mass is 449 g/mol. The first-order valence-electron chi connectivity index (χ1n) is 8.74. The van der Waals surface area contributed by atoms with Crippen molar-refractivity contribution in [1.82, 2.24) is 14.5 Å². The summed E-state index contributed by atoms with van der Waals surface area (Å²) in [4.78, 5) is 20.2. The highest BCUT2D eigenvalue weighted by Gasteiger charge is 2.31. The summed E-state index contributed by atoms with van der Waals surface area (Å²) in [6.07, 6.45) is -3.11. The Kier molecular flexibility index (Phi) is 5.05. The molecule has 0 amide bonds. The molecule has 0 saturated heterocycles. The zero-order chi connectivity index (χ0) is 22.3. The lowest BCUT2D eigenvalue weighted by molar-refractivity contribution is -0.137. The lowest BCUT2D eigenvalue weighted by Crippen LogP contribution is -2.05. The molecular weight excluding hydrogens is 435 g/mol. The lowest BCUT2D eigenvalue weighted by atomic mass is 10.1. The third kappa shape index (κ3) is 3.67. The number of ether oxygens (including phenoxy) is 2. The molecule has 0 atom stereocenters. The number of fused-ring (bicyclic) bond motifs is 1. The van der Waals surface area contributed by atoms with E-state index in [1.807, 2.05) is 0 Å². The molecule has 2 heterocycles. The molecule has 7 nitrogen and oxygen atoms in total. The van der Waals surface area contributed by atoms with Gasteiger partial charge in [-0.25, -0.2) is 14.8 Å². The number of hydrogen-bond acceptors (Lipinski definition) is 6. The van der Waals surface area contributed by atoms with E-state index in [2.05, 4.69) is 9.97 Å². The van der Waals surface area contributed by atoms with E-state index in [0.29, 0.717) is 22.5 Å². The van der Waals surface area contributed by atoms with Crippen LogP contribution in [0.1, 0.15) is 15.2 Å². The van der Waals surface area contributed by atoms with Crippen LogP contribution in [0.5, 0.6) is 11.5 Å². The number of carboxylic acids is 1. The summed E-state index contributed by atoms with van der Waals surface area (Å²) in [7, 11) is 2.96. The molecule has 0 spiro atoms. The molecule has 0 fully saturated rings. The van der Waals surface area contributed by atoms with Gasteiger partial charge in [0.1, 0.15) is 11.2 Å². The third-order valence-corrected chi connectivity index (χ3v) is 5.57. The van der Waals surface area contributed by atoms with E-state index in [-0.39, 0.29) is 21.3 Å². The van der Waals surface area contributed by atoms with Crippen molar-refractivity contribution < 1.29 is 32.5 Å². The van der Waals surface area contributed by atoms with Crippen LogP contribution in [0.25, 0.3) is 27.4 Å². The molecule has 31 heavy (non-hydrogen) atoms. The van der Waals surface area contributed by atoms with E-state index in [0.717, 1.165) is 23.5 Å². The molecule has 2 aromatic carbocycles. The first kappa shape index (κ1) is 20.7. The minimum atomic E-state index is -4.56. The van der Waals surface area contributed by atoms with Crippen LogP contribution in [-0.4, -0.2) is 39.8 Å². The third-order valence-electron chi connectivity index (χ3n) is 4.53. The number of nitrogens with zero attached hydrogens (tertiary/aromatic N) is 3. The molecule has 0 unspecified atom stereocenters. The standard InChI is InChI=1S/C20H14F3N3O4S/c1-29-14-7-12-13(8-15(14)30-2)26(9-24-12)19-25-16(17(31-19)18(27)28)10-4-3-5-11(6-10)20(21,22)23/h3-9H,1-2H3,(H,27,28). The van der Waals surface area contributed by atoms with E-state index < -0.39 is 17.7 Å². The maximum atomic E-state index is 13.1. The molecule has 160 valence electrons. The topological polar surface area (TPSA) is 86.5 Å². The molecule has 1 N–H and O–H groups in total. The van der Waals surface area contributed by atoms with Crippen LogP contribution in [0, 0.1) is 0 Å². The van der Waals surface area contributed by atoms with Crippen LogP contribution in [0.15, 0.2) is 42.7 Å². The fraction of sp³-hybridized carbons (Fsp3) is 0.150. The van der Waals surface area contributed by atoms with Crippen molar-refractivity contribution in [3.63, 3.8) is 0 Å². The SMILES string of the molecule is COc1cc2ncn(-c3nc(-c4cccc(C(F)(F)F)c4)c(C(=O)O)s3)c2cc1OC. The normalized spacial score (nSPS) is 11.6. The van der Waals surface area contributed by atoms with Gasteiger partial charge in [0.15, 0.2) is 16.6 Å². The summed E-state index contributed by atoms with van der Waals surface area (Å²) in [6.45, 7) is 0. The van der Waals surface area contributed by atoms with Crippen LogP contribution >= 0.6 is 11.3 Å². The molecule has 4 aromatic rings. The number of methoxy groups -OCH3 is 2. The van der Waals surface area contributed by atoms with Gasteiger partial charge in [-0.3, -0.25) is 4.57 Å². The second-order valence-electron chi connectivity index (χ2n) is 6.37. The van der Waals surface area contributed by atoms with Gasteiger partial charge in [0.05, 0.1) is 36.5 Å². The van der Waals surface area contributed by atoms with Crippen LogP contribution in [0.2, 0.25) is 0 Å². The Morgan fingerprint density at radius 3 is 2.48 bits per heavy atom. The van der Waals surface area contributed by atoms with Crippen LogP contribution < -0.4 is 9.47 Å². The number of rotatable bonds is 5. The number of aromatic carboxylic acids is 1. The predicted molar refractivity (Wildman–Crippen MR) is 107 cm³/mol. The number of aromatic nitrogens is 3. The van der Waals surface area contributed by atoms with Crippen LogP contribution in [-0.2, 0) is 6.18 Å². The fourth-order valence-electron chi connectivity index (χ4n) is 3.08. The van der Waals surface area contributed by atoms with E-state index in [9.17, 15) is 23.1 Å². The second-order valence-corrected chi connectivity index (χ2v) is 7.35. The highest BCUT2D eigenvalue weighted by Crippen LogP contribution is 2.37. The molecule has 4 rings (SSSR count). The van der Waals surface area contributed by atoms with Gasteiger partial charge in [0.2, 0.25) is 0 Å². The van der Waals surface area contributed by atoms with Crippen molar-refractivity contribution in [2.75, 3.05) is 14.2 Å². The van der Waals surface area contributed by atoms with Crippen molar-refractivity contribution >= 4 is 28.3 Å². The lowest BCUT2D eigenvalue weighted by Gasteiger charge is -2.08. The van der Waals surface area contributed by atoms with E-state index in [1.165, 1.54) is 32.7 Å². The summed E-state index contributed by atoms with van der Waals surface area (Å²) >= 11 is 0.831. The van der Waals surface area contributed by atoms with Crippen molar-refractivity contribution in [2.45, 2.75) is 6.18 Å². The predicted octanol–water partition coefficient (Wildman–Crippen LogP) is 4.88. The van der Waals surface area contributed by atoms with Crippen molar-refractivity contribution in [3.05, 3.63) is 53.2 Å². The van der Waals surface area contributed by atoms with E-state index in [1.54, 1.807) is 16.7 Å². The molecule has 2 aromatic heterocycles. The summed E-state index contributed by atoms with van der Waals surface area (Å²) in [5.41, 5.74) is 0.226. The van der Waals surface area contributed by atoms with Crippen molar-refractivity contribution in [3.8, 4) is 27.9 Å². The van der Waals surface area contributed by atoms with Crippen molar-refractivity contribution in [2.24, 2.45) is 0 Å². The molecular formula is C20H14F3N3O4S. The minimum absolute atomic E-state index is 0.0541. The van der Waals surface area contributed by atoms with Crippen LogP contribution in [0.4, 0.5) is 13.2 Å². The average Bonchev–Trinajstić information content (AvgIpc) is 3.36. The molecule has 0 aliphatic carbocycles. The number of carboxylic acid groups (broad SMARTS) is 1. The Bertz CT molecular complexity index is 1300. The highest BCUT2D eigenvalue weighted by atomic mass is 32.1. The molecule has 0 radical (unpaired) electrons. The number of alkyl halides is 3. The van der Waals surface area contributed by atoms with Gasteiger partial charge >= 0.3 is 12.1 Å². The van der Waals surface area contributed by atoms with Crippen molar-refractivity contribution in [1.29, 1.82) is 0 Å². The van der Waals surface area contributed by atoms with E-state index in [4.69, 9.17) is 9.47 Å². The Hall–Kier alpha value is -3.60. The number of benzene rings is 2. The minimum Gasteiger partial charge on any atom is -0.493 e. The molecule has 0 aliphatic heterocycles. The molecule has 0 saturated carbocycles. The maximum absolute atomic E-state index is 13.1. The highest BCUT2D eigenvalue weighted by molar-refractivity contribution is 7.16. The van der Waals surface area contributed by atoms with Gasteiger partial charge in [-0.1, -0.05) is 23.5 Å². The maximum Gasteiger partial charge on any atom is 0.416 e. The molecule has 11 heteroatoms. The number of halogens is 3. The number of hydrogen-bond donors (Lipinski definition) is 1. The average molecular weight is 449 g/mol. The zero-order valence-corrected chi connectivity index (χ0v) is 16.9. The summed E-state index contributed by atoms with van der Waals surface area (Å²) in [6, 6.07) is 7.72. The summed E-state index contributed by atoms with van der Waals surface area (Å²) < 4.78 is 51.4. The van der Waals surface area contributed by atoms with Gasteiger partial charge in [-0.2, -0.15) is 13.2 Å². The number of thiazole rings is 1. The summed E-state index contributed by atoms with van der Waals surface area (Å²) in [5, 5.41) is 9.85. The smallest absolute Gasteiger partial charge is 0.416 e.